The number of halogens is 1. The molecule has 0 saturated heterocycles. The van der Waals surface area contributed by atoms with E-state index in [-0.39, 0.29) is 0 Å². The maximum Gasteiger partial charge on any atom is 0.224 e. The molecule has 2 aromatic rings. The quantitative estimate of drug-likeness (QED) is 0.850. The third-order valence-corrected chi connectivity index (χ3v) is 3.44. The van der Waals surface area contributed by atoms with Crippen LogP contribution in [0.5, 0.6) is 11.6 Å². The van der Waals surface area contributed by atoms with Crippen LogP contribution in [0, 0.1) is 6.92 Å². The van der Waals surface area contributed by atoms with Crippen LogP contribution in [0.2, 0.25) is 5.02 Å². The van der Waals surface area contributed by atoms with Crippen LogP contribution in [0.15, 0.2) is 17.5 Å². The van der Waals surface area contributed by atoms with E-state index < -0.39 is 0 Å². The molecule has 0 aliphatic carbocycles. The van der Waals surface area contributed by atoms with Crippen molar-refractivity contribution in [2.75, 3.05) is 14.2 Å². The van der Waals surface area contributed by atoms with Gasteiger partial charge in [0.25, 0.3) is 0 Å². The van der Waals surface area contributed by atoms with Crippen molar-refractivity contribution in [2.45, 2.75) is 6.92 Å². The molecule has 17 heavy (non-hydrogen) atoms. The smallest absolute Gasteiger partial charge is 0.224 e. The lowest BCUT2D eigenvalue weighted by Gasteiger charge is -2.09. The number of aryl methyl sites for hydroxylation is 1. The van der Waals surface area contributed by atoms with E-state index in [0.29, 0.717) is 10.9 Å². The molecule has 0 spiro atoms. The van der Waals surface area contributed by atoms with Crippen LogP contribution in [0.1, 0.15) is 5.56 Å². The first-order valence-electron chi connectivity index (χ1n) is 4.99. The maximum absolute atomic E-state index is 6.06. The zero-order chi connectivity index (χ0) is 12.4. The molecule has 0 saturated carbocycles. The predicted molar refractivity (Wildman–Crippen MR) is 70.4 cm³/mol. The first-order valence-corrected chi connectivity index (χ1v) is 6.25. The molecule has 0 amide bonds. The molecule has 1 aromatic carbocycles. The van der Waals surface area contributed by atoms with Crippen LogP contribution in [-0.2, 0) is 0 Å². The number of methoxy groups -OCH3 is 2. The second kappa shape index (κ2) is 4.94. The van der Waals surface area contributed by atoms with Gasteiger partial charge in [0.1, 0.15) is 10.8 Å². The molecule has 90 valence electrons. The maximum atomic E-state index is 6.06. The van der Waals surface area contributed by atoms with Gasteiger partial charge in [-0.05, 0) is 24.6 Å². The minimum Gasteiger partial charge on any atom is -0.496 e. The Morgan fingerprint density at radius 2 is 2.00 bits per heavy atom. The van der Waals surface area contributed by atoms with Crippen molar-refractivity contribution in [3.63, 3.8) is 0 Å². The summed E-state index contributed by atoms with van der Waals surface area (Å²) in [6.07, 6.45) is 0. The zero-order valence-corrected chi connectivity index (χ0v) is 11.4. The summed E-state index contributed by atoms with van der Waals surface area (Å²) in [6.45, 7) is 1.96. The highest BCUT2D eigenvalue weighted by atomic mass is 35.5. The van der Waals surface area contributed by atoms with E-state index in [1.54, 1.807) is 14.2 Å². The Morgan fingerprint density at radius 3 is 2.59 bits per heavy atom. The van der Waals surface area contributed by atoms with Gasteiger partial charge in [-0.3, -0.25) is 0 Å². The predicted octanol–water partition coefficient (Wildman–Crippen LogP) is 3.79. The lowest BCUT2D eigenvalue weighted by atomic mass is 10.1. The zero-order valence-electron chi connectivity index (χ0n) is 9.78. The number of hydrogen-bond donors (Lipinski definition) is 0. The number of ether oxygens (including phenoxy) is 2. The van der Waals surface area contributed by atoms with E-state index in [2.05, 4.69) is 4.98 Å². The molecule has 0 radical (unpaired) electrons. The van der Waals surface area contributed by atoms with Crippen molar-refractivity contribution in [2.24, 2.45) is 0 Å². The molecule has 2 rings (SSSR count). The fraction of sp³-hybridized carbons (Fsp3) is 0.250. The van der Waals surface area contributed by atoms with Crippen molar-refractivity contribution < 1.29 is 9.47 Å². The Kier molecular flexibility index (Phi) is 3.54. The van der Waals surface area contributed by atoms with Crippen molar-refractivity contribution in [3.05, 3.63) is 28.1 Å². The third kappa shape index (κ3) is 2.37. The second-order valence-corrected chi connectivity index (χ2v) is 4.79. The van der Waals surface area contributed by atoms with Gasteiger partial charge in [-0.1, -0.05) is 11.6 Å². The van der Waals surface area contributed by atoms with E-state index in [4.69, 9.17) is 21.1 Å². The van der Waals surface area contributed by atoms with Crippen LogP contribution in [0.3, 0.4) is 0 Å². The monoisotopic (exact) mass is 269 g/mol. The molecule has 0 unspecified atom stereocenters. The van der Waals surface area contributed by atoms with Gasteiger partial charge in [0.05, 0.1) is 25.2 Å². The van der Waals surface area contributed by atoms with Gasteiger partial charge in [-0.25, -0.2) is 4.98 Å². The van der Waals surface area contributed by atoms with E-state index >= 15 is 0 Å². The average Bonchev–Trinajstić information content (AvgIpc) is 2.76. The summed E-state index contributed by atoms with van der Waals surface area (Å²) in [4.78, 5) is 4.35. The molecular formula is C12H12ClNO2S. The van der Waals surface area contributed by atoms with Crippen LogP contribution >= 0.6 is 22.9 Å². The van der Waals surface area contributed by atoms with Crippen LogP contribution in [0.4, 0.5) is 0 Å². The first kappa shape index (κ1) is 12.2. The number of hydrogen-bond acceptors (Lipinski definition) is 4. The van der Waals surface area contributed by atoms with Crippen LogP contribution in [-0.4, -0.2) is 19.2 Å². The SMILES string of the molecule is COc1csc(-c2cc(Cl)cc(C)c2OC)n1. The van der Waals surface area contributed by atoms with Crippen molar-refractivity contribution in [1.82, 2.24) is 4.98 Å². The minimum atomic E-state index is 0.602. The highest BCUT2D eigenvalue weighted by molar-refractivity contribution is 7.13. The molecule has 3 nitrogen and oxygen atoms in total. The van der Waals surface area contributed by atoms with E-state index in [9.17, 15) is 0 Å². The summed E-state index contributed by atoms with van der Waals surface area (Å²) >= 11 is 7.56. The lowest BCUT2D eigenvalue weighted by Crippen LogP contribution is -1.91. The van der Waals surface area contributed by atoms with Crippen molar-refractivity contribution in [1.29, 1.82) is 0 Å². The number of benzene rings is 1. The summed E-state index contributed by atoms with van der Waals surface area (Å²) < 4.78 is 10.5. The Balaban J connectivity index is 2.57. The molecule has 0 fully saturated rings. The van der Waals surface area contributed by atoms with Gasteiger partial charge >= 0.3 is 0 Å². The normalized spacial score (nSPS) is 10.4. The van der Waals surface area contributed by atoms with Crippen molar-refractivity contribution in [3.8, 4) is 22.2 Å². The van der Waals surface area contributed by atoms with E-state index in [1.807, 2.05) is 24.4 Å². The summed E-state index contributed by atoms with van der Waals surface area (Å²) in [6, 6.07) is 3.72. The van der Waals surface area contributed by atoms with Gasteiger partial charge in [-0.2, -0.15) is 0 Å². The summed E-state index contributed by atoms with van der Waals surface area (Å²) in [5.74, 6) is 1.40. The Labute approximate surface area is 109 Å². The highest BCUT2D eigenvalue weighted by Crippen LogP contribution is 2.38. The number of rotatable bonds is 3. The number of aromatic nitrogens is 1. The molecule has 1 aromatic heterocycles. The van der Waals surface area contributed by atoms with Crippen LogP contribution in [0.25, 0.3) is 10.6 Å². The minimum absolute atomic E-state index is 0.602. The molecule has 0 N–H and O–H groups in total. The molecule has 0 aliphatic rings. The van der Waals surface area contributed by atoms with Gasteiger partial charge < -0.3 is 9.47 Å². The van der Waals surface area contributed by atoms with Gasteiger partial charge in [0.2, 0.25) is 5.88 Å². The summed E-state index contributed by atoms with van der Waals surface area (Å²) in [5, 5.41) is 3.36. The molecule has 5 heteroatoms. The molecule has 0 aliphatic heterocycles. The largest absolute Gasteiger partial charge is 0.496 e. The highest BCUT2D eigenvalue weighted by Gasteiger charge is 2.13. The molecule has 0 atom stereocenters. The van der Waals surface area contributed by atoms with Crippen molar-refractivity contribution >= 4 is 22.9 Å². The van der Waals surface area contributed by atoms with Crippen LogP contribution < -0.4 is 9.47 Å². The Bertz CT molecular complexity index is 539. The number of nitrogens with zero attached hydrogens (tertiary/aromatic N) is 1. The van der Waals surface area contributed by atoms with Gasteiger partial charge in [-0.15, -0.1) is 11.3 Å². The molecular weight excluding hydrogens is 258 g/mol. The topological polar surface area (TPSA) is 31.4 Å². The van der Waals surface area contributed by atoms with Gasteiger partial charge in [0.15, 0.2) is 0 Å². The average molecular weight is 270 g/mol. The Morgan fingerprint density at radius 1 is 1.24 bits per heavy atom. The second-order valence-electron chi connectivity index (χ2n) is 3.50. The fourth-order valence-electron chi connectivity index (χ4n) is 1.64. The fourth-order valence-corrected chi connectivity index (χ4v) is 2.69. The Hall–Kier alpha value is -1.26. The van der Waals surface area contributed by atoms with E-state index in [0.717, 1.165) is 21.9 Å². The third-order valence-electron chi connectivity index (χ3n) is 2.37. The molecule has 1 heterocycles. The lowest BCUT2D eigenvalue weighted by molar-refractivity contribution is 0.400. The van der Waals surface area contributed by atoms with Gasteiger partial charge in [0, 0.05) is 5.02 Å². The standard InChI is InChI=1S/C12H12ClNO2S/c1-7-4-8(13)5-9(11(7)16-3)12-14-10(15-2)6-17-12/h4-6H,1-3H3. The molecule has 0 bridgehead atoms. The first-order chi connectivity index (χ1) is 8.15. The summed E-state index contributed by atoms with van der Waals surface area (Å²) in [7, 11) is 3.24. The van der Waals surface area contributed by atoms with E-state index in [1.165, 1.54) is 11.3 Å². The number of thiazole rings is 1. The summed E-state index contributed by atoms with van der Waals surface area (Å²) in [5.41, 5.74) is 1.88.